The number of nitrogens with zero attached hydrogens (tertiary/aromatic N) is 2. The number of nitrogens with one attached hydrogen (secondary N) is 1. The first kappa shape index (κ1) is 9.83. The Hall–Kier alpha value is -2.16. The Bertz CT molecular complexity index is 919. The molecule has 0 radical (unpaired) electrons. The largest absolute Gasteiger partial charge is 0.299 e. The van der Waals surface area contributed by atoms with Crippen LogP contribution >= 0.6 is 0 Å². The number of rotatable bonds is 0. The van der Waals surface area contributed by atoms with Gasteiger partial charge in [-0.2, -0.15) is 0 Å². The quantitative estimate of drug-likeness (QED) is 0.630. The minimum atomic E-state index is 0.512. The Balaban J connectivity index is 2.52. The monoisotopic (exact) mass is 235 g/mol. The van der Waals surface area contributed by atoms with Crippen molar-refractivity contribution in [3.05, 3.63) is 45.7 Å². The van der Waals surface area contributed by atoms with E-state index in [1.165, 1.54) is 11.3 Å². The Morgan fingerprint density at radius 2 is 2.17 bits per heavy atom. The van der Waals surface area contributed by atoms with Crippen LogP contribution in [-0.4, -0.2) is 9.38 Å². The van der Waals surface area contributed by atoms with E-state index in [1.54, 1.807) is 0 Å². The molecular formula is C15H13N3. The Morgan fingerprint density at radius 3 is 3.00 bits per heavy atom. The zero-order chi connectivity index (χ0) is 12.4. The Kier molecular flexibility index (Phi) is 1.63. The molecule has 1 aliphatic rings. The number of hydrogen-bond donors (Lipinski definition) is 1. The summed E-state index contributed by atoms with van der Waals surface area (Å²) in [6.07, 6.45) is 2.06. The fourth-order valence-corrected chi connectivity index (χ4v) is 3.09. The molecule has 0 aliphatic carbocycles. The predicted molar refractivity (Wildman–Crippen MR) is 71.4 cm³/mol. The lowest BCUT2D eigenvalue weighted by Gasteiger charge is -2.16. The molecule has 0 amide bonds. The van der Waals surface area contributed by atoms with E-state index in [4.69, 9.17) is 5.41 Å². The molecule has 2 aromatic heterocycles. The molecule has 0 atom stereocenters. The summed E-state index contributed by atoms with van der Waals surface area (Å²) >= 11 is 0. The van der Waals surface area contributed by atoms with Crippen molar-refractivity contribution in [2.24, 2.45) is 0 Å². The van der Waals surface area contributed by atoms with Gasteiger partial charge in [0.2, 0.25) is 0 Å². The zero-order valence-corrected chi connectivity index (χ0v) is 10.2. The molecule has 1 aromatic carbocycles. The third-order valence-electron chi connectivity index (χ3n) is 3.99. The number of imidazole rings is 1. The molecule has 0 unspecified atom stereocenters. The third-order valence-corrected chi connectivity index (χ3v) is 3.99. The molecular weight excluding hydrogens is 222 g/mol. The lowest BCUT2D eigenvalue weighted by atomic mass is 9.99. The second-order valence-corrected chi connectivity index (χ2v) is 4.97. The van der Waals surface area contributed by atoms with Gasteiger partial charge in [0.05, 0.1) is 16.6 Å². The summed E-state index contributed by atoms with van der Waals surface area (Å²) in [6.45, 7) is 6.08. The first-order chi connectivity index (χ1) is 8.68. The van der Waals surface area contributed by atoms with Crippen LogP contribution in [0, 0.1) is 12.3 Å². The summed E-state index contributed by atoms with van der Waals surface area (Å²) in [5.74, 6) is 0. The fourth-order valence-electron chi connectivity index (χ4n) is 3.09. The SMILES string of the molecule is C=c1c(=N)c2cccc3c2n2c(c(C)nc12)CC3. The van der Waals surface area contributed by atoms with Crippen LogP contribution in [0.15, 0.2) is 18.2 Å². The number of para-hydroxylation sites is 1. The molecule has 3 heteroatoms. The van der Waals surface area contributed by atoms with Crippen LogP contribution in [0.5, 0.6) is 0 Å². The lowest BCUT2D eigenvalue weighted by Crippen LogP contribution is -2.28. The number of pyridine rings is 1. The summed E-state index contributed by atoms with van der Waals surface area (Å²) in [5, 5.41) is 10.5. The van der Waals surface area contributed by atoms with Crippen LogP contribution in [0.4, 0.5) is 0 Å². The third kappa shape index (κ3) is 0.957. The normalized spacial score (nSPS) is 13.8. The van der Waals surface area contributed by atoms with Crippen LogP contribution in [-0.2, 0) is 12.8 Å². The smallest absolute Gasteiger partial charge is 0.146 e. The van der Waals surface area contributed by atoms with Crippen molar-refractivity contribution in [2.75, 3.05) is 0 Å². The number of aromatic nitrogens is 2. The van der Waals surface area contributed by atoms with E-state index >= 15 is 0 Å². The zero-order valence-electron chi connectivity index (χ0n) is 10.2. The van der Waals surface area contributed by atoms with E-state index in [2.05, 4.69) is 22.0 Å². The molecule has 0 fully saturated rings. The second kappa shape index (κ2) is 2.99. The highest BCUT2D eigenvalue weighted by molar-refractivity contribution is 5.86. The number of hydrogen-bond acceptors (Lipinski definition) is 2. The van der Waals surface area contributed by atoms with Gasteiger partial charge in [-0.1, -0.05) is 24.8 Å². The highest BCUT2D eigenvalue weighted by Gasteiger charge is 2.19. The summed E-state index contributed by atoms with van der Waals surface area (Å²) in [4.78, 5) is 4.61. The van der Waals surface area contributed by atoms with Crippen molar-refractivity contribution in [3.63, 3.8) is 0 Å². The van der Waals surface area contributed by atoms with Gasteiger partial charge in [-0.05, 0) is 25.3 Å². The maximum Gasteiger partial charge on any atom is 0.146 e. The Labute approximate surface area is 104 Å². The van der Waals surface area contributed by atoms with Crippen LogP contribution in [0.2, 0.25) is 0 Å². The van der Waals surface area contributed by atoms with E-state index < -0.39 is 0 Å². The van der Waals surface area contributed by atoms with Crippen molar-refractivity contribution in [1.29, 1.82) is 5.41 Å². The molecule has 1 aliphatic heterocycles. The summed E-state index contributed by atoms with van der Waals surface area (Å²) < 4.78 is 2.21. The van der Waals surface area contributed by atoms with Gasteiger partial charge in [0.25, 0.3) is 0 Å². The van der Waals surface area contributed by atoms with Gasteiger partial charge in [0.15, 0.2) is 0 Å². The van der Waals surface area contributed by atoms with Gasteiger partial charge >= 0.3 is 0 Å². The van der Waals surface area contributed by atoms with E-state index in [0.29, 0.717) is 5.36 Å². The van der Waals surface area contributed by atoms with Crippen LogP contribution in [0.25, 0.3) is 23.1 Å². The van der Waals surface area contributed by atoms with Gasteiger partial charge < -0.3 is 0 Å². The van der Waals surface area contributed by atoms with Gasteiger partial charge in [0.1, 0.15) is 5.65 Å². The Morgan fingerprint density at radius 1 is 1.33 bits per heavy atom. The van der Waals surface area contributed by atoms with Crippen LogP contribution in [0.1, 0.15) is 17.0 Å². The molecule has 0 saturated heterocycles. The molecule has 3 aromatic rings. The molecule has 3 heterocycles. The highest BCUT2D eigenvalue weighted by Crippen LogP contribution is 2.26. The van der Waals surface area contributed by atoms with Gasteiger partial charge in [-0.25, -0.2) is 4.98 Å². The van der Waals surface area contributed by atoms with Crippen molar-refractivity contribution >= 4 is 23.1 Å². The molecule has 1 N–H and O–H groups in total. The standard InChI is InChI=1S/C15H13N3/c1-8-13(16)11-5-3-4-10-6-7-12-9(2)17-15(8)18(12)14(10)11/h3-5,16H,1,6-7H2,2H3. The van der Waals surface area contributed by atoms with Crippen molar-refractivity contribution in [3.8, 4) is 0 Å². The van der Waals surface area contributed by atoms with E-state index in [-0.39, 0.29) is 0 Å². The van der Waals surface area contributed by atoms with E-state index in [1.807, 2.05) is 19.1 Å². The van der Waals surface area contributed by atoms with Crippen molar-refractivity contribution in [1.82, 2.24) is 9.38 Å². The lowest BCUT2D eigenvalue weighted by molar-refractivity contribution is 0.863. The molecule has 0 saturated carbocycles. The maximum absolute atomic E-state index is 8.25. The topological polar surface area (TPSA) is 41.2 Å². The highest BCUT2D eigenvalue weighted by atomic mass is 15.0. The molecule has 0 spiro atoms. The van der Waals surface area contributed by atoms with Crippen molar-refractivity contribution in [2.45, 2.75) is 19.8 Å². The number of aryl methyl sites for hydroxylation is 3. The molecule has 18 heavy (non-hydrogen) atoms. The molecule has 4 rings (SSSR count). The minimum absolute atomic E-state index is 0.512. The average Bonchev–Trinajstić information content (AvgIpc) is 2.73. The van der Waals surface area contributed by atoms with Crippen molar-refractivity contribution < 1.29 is 0 Å². The summed E-state index contributed by atoms with van der Waals surface area (Å²) in [5.41, 5.74) is 5.68. The van der Waals surface area contributed by atoms with Gasteiger partial charge in [-0.3, -0.25) is 9.81 Å². The first-order valence-electron chi connectivity index (χ1n) is 6.17. The molecule has 3 nitrogen and oxygen atoms in total. The fraction of sp³-hybridized carbons (Fsp3) is 0.200. The minimum Gasteiger partial charge on any atom is -0.299 e. The van der Waals surface area contributed by atoms with Gasteiger partial charge in [-0.15, -0.1) is 0 Å². The van der Waals surface area contributed by atoms with Crippen LogP contribution in [0.3, 0.4) is 0 Å². The van der Waals surface area contributed by atoms with E-state index in [9.17, 15) is 0 Å². The molecule has 0 bridgehead atoms. The average molecular weight is 235 g/mol. The molecule has 88 valence electrons. The van der Waals surface area contributed by atoms with Gasteiger partial charge in [0, 0.05) is 16.3 Å². The second-order valence-electron chi connectivity index (χ2n) is 4.97. The predicted octanol–water partition coefficient (Wildman–Crippen LogP) is 1.50. The summed E-state index contributed by atoms with van der Waals surface area (Å²) in [6, 6.07) is 6.21. The number of benzene rings is 1. The van der Waals surface area contributed by atoms with Crippen LogP contribution < -0.4 is 10.6 Å². The summed E-state index contributed by atoms with van der Waals surface area (Å²) in [7, 11) is 0. The maximum atomic E-state index is 8.25. The van der Waals surface area contributed by atoms with E-state index in [0.717, 1.165) is 40.3 Å². The first-order valence-corrected chi connectivity index (χ1v) is 6.17.